The number of fused-ring (bicyclic) bond motifs is 3. The number of hydrogen-bond donors (Lipinski definition) is 3. The zero-order valence-electron chi connectivity index (χ0n) is 17.3. The van der Waals surface area contributed by atoms with Crippen LogP contribution < -0.4 is 11.1 Å². The maximum absolute atomic E-state index is 13.1. The Morgan fingerprint density at radius 2 is 1.76 bits per heavy atom. The molecule has 3 aliphatic rings. The summed E-state index contributed by atoms with van der Waals surface area (Å²) in [5, 5.41) is 13.1. The van der Waals surface area contributed by atoms with Crippen LogP contribution in [0.5, 0.6) is 0 Å². The average Bonchev–Trinajstić information content (AvgIpc) is 3.31. The number of amides is 2. The average molecular weight is 419 g/mol. The summed E-state index contributed by atoms with van der Waals surface area (Å²) in [6.45, 7) is 6.69. The molecule has 158 valence electrons. The molecule has 7 heteroatoms. The van der Waals surface area contributed by atoms with E-state index in [0.717, 1.165) is 49.0 Å². The monoisotopic (exact) mass is 418 g/mol. The van der Waals surface area contributed by atoms with Crippen molar-refractivity contribution in [2.75, 3.05) is 5.32 Å². The summed E-state index contributed by atoms with van der Waals surface area (Å²) < 4.78 is 0. The largest absolute Gasteiger partial charge is 0.481 e. The highest BCUT2D eigenvalue weighted by atomic mass is 32.1. The van der Waals surface area contributed by atoms with Crippen LogP contribution in [-0.2, 0) is 22.4 Å². The van der Waals surface area contributed by atoms with Crippen LogP contribution in [-0.4, -0.2) is 22.9 Å². The summed E-state index contributed by atoms with van der Waals surface area (Å²) in [4.78, 5) is 38.2. The fourth-order valence-corrected chi connectivity index (χ4v) is 7.23. The molecule has 0 radical (unpaired) electrons. The Hall–Kier alpha value is -1.89. The third kappa shape index (κ3) is 3.47. The molecule has 2 bridgehead atoms. The van der Waals surface area contributed by atoms with Crippen molar-refractivity contribution >= 4 is 34.1 Å². The topological polar surface area (TPSA) is 109 Å². The first-order valence-electron chi connectivity index (χ1n) is 10.6. The molecule has 0 saturated heterocycles. The van der Waals surface area contributed by atoms with Crippen LogP contribution in [0.3, 0.4) is 0 Å². The first-order chi connectivity index (χ1) is 13.6. The van der Waals surface area contributed by atoms with Crippen LogP contribution in [0.15, 0.2) is 0 Å². The van der Waals surface area contributed by atoms with E-state index in [-0.39, 0.29) is 23.2 Å². The van der Waals surface area contributed by atoms with E-state index >= 15 is 0 Å². The van der Waals surface area contributed by atoms with Crippen molar-refractivity contribution in [1.82, 2.24) is 0 Å². The lowest BCUT2D eigenvalue weighted by molar-refractivity contribution is -0.148. The van der Waals surface area contributed by atoms with Crippen LogP contribution in [0.2, 0.25) is 0 Å². The predicted octanol–water partition coefficient (Wildman–Crippen LogP) is 3.68. The Kier molecular flexibility index (Phi) is 5.00. The van der Waals surface area contributed by atoms with Crippen LogP contribution in [0, 0.1) is 35.0 Å². The van der Waals surface area contributed by atoms with Gasteiger partial charge in [0.25, 0.3) is 5.91 Å². The molecule has 2 fully saturated rings. The number of carbonyl (C=O) groups is 3. The minimum absolute atomic E-state index is 0.0907. The maximum atomic E-state index is 13.1. The Morgan fingerprint density at radius 1 is 1.10 bits per heavy atom. The molecule has 0 aromatic carbocycles. The van der Waals surface area contributed by atoms with Gasteiger partial charge < -0.3 is 16.2 Å². The summed E-state index contributed by atoms with van der Waals surface area (Å²) >= 11 is 1.45. The highest BCUT2D eigenvalue weighted by molar-refractivity contribution is 7.17. The summed E-state index contributed by atoms with van der Waals surface area (Å²) in [7, 11) is 0. The van der Waals surface area contributed by atoms with Gasteiger partial charge in [-0.2, -0.15) is 0 Å². The fraction of sp³-hybridized carbons (Fsp3) is 0.682. The molecule has 3 aliphatic carbocycles. The van der Waals surface area contributed by atoms with Gasteiger partial charge in [-0.1, -0.05) is 20.8 Å². The van der Waals surface area contributed by atoms with Gasteiger partial charge in [0.2, 0.25) is 5.91 Å². The van der Waals surface area contributed by atoms with E-state index in [1.807, 2.05) is 0 Å². The molecule has 2 saturated carbocycles. The lowest BCUT2D eigenvalue weighted by Gasteiger charge is -2.33. The normalized spacial score (nSPS) is 30.8. The smallest absolute Gasteiger partial charge is 0.307 e. The fourth-order valence-electron chi connectivity index (χ4n) is 5.89. The summed E-state index contributed by atoms with van der Waals surface area (Å²) in [5.74, 6) is -2.08. The maximum Gasteiger partial charge on any atom is 0.307 e. The number of primary amides is 1. The number of rotatable bonds is 4. The van der Waals surface area contributed by atoms with Crippen LogP contribution in [0.25, 0.3) is 0 Å². The second-order valence-electron chi connectivity index (χ2n) is 10.1. The number of anilines is 1. The third-order valence-corrected chi connectivity index (χ3v) is 8.65. The summed E-state index contributed by atoms with van der Waals surface area (Å²) in [5.41, 5.74) is 7.27. The van der Waals surface area contributed by atoms with Gasteiger partial charge in [0.15, 0.2) is 0 Å². The highest BCUT2D eigenvalue weighted by Gasteiger charge is 2.54. The van der Waals surface area contributed by atoms with Gasteiger partial charge in [-0.05, 0) is 67.3 Å². The highest BCUT2D eigenvalue weighted by Crippen LogP contribution is 2.53. The van der Waals surface area contributed by atoms with E-state index in [4.69, 9.17) is 5.73 Å². The lowest BCUT2D eigenvalue weighted by atomic mass is 9.72. The van der Waals surface area contributed by atoms with Crippen molar-refractivity contribution in [3.05, 3.63) is 16.0 Å². The van der Waals surface area contributed by atoms with E-state index < -0.39 is 23.7 Å². The van der Waals surface area contributed by atoms with Crippen molar-refractivity contribution in [3.8, 4) is 0 Å². The standard InChI is InChI=1S/C22H30N2O4S/c1-22(2,3)12-6-7-13-14(9-12)29-20(17(13)18(23)25)24-19(26)15-10-4-5-11(8-10)16(15)21(27)28/h10-12,15-16H,4-9H2,1-3H3,(H2,23,25)(H,24,26)(H,27,28)/t10-,11+,12+,15+,16+/m1/s1. The first kappa shape index (κ1) is 20.4. The van der Waals surface area contributed by atoms with Crippen molar-refractivity contribution < 1.29 is 19.5 Å². The first-order valence-corrected chi connectivity index (χ1v) is 11.4. The van der Waals surface area contributed by atoms with Crippen molar-refractivity contribution in [1.29, 1.82) is 0 Å². The van der Waals surface area contributed by atoms with Gasteiger partial charge in [-0.25, -0.2) is 0 Å². The summed E-state index contributed by atoms with van der Waals surface area (Å²) in [6.07, 6.45) is 5.27. The zero-order valence-corrected chi connectivity index (χ0v) is 18.1. The quantitative estimate of drug-likeness (QED) is 0.693. The second kappa shape index (κ2) is 7.11. The van der Waals surface area contributed by atoms with Crippen LogP contribution in [0.4, 0.5) is 5.00 Å². The zero-order chi connectivity index (χ0) is 21.1. The Labute approximate surface area is 175 Å². The Bertz CT molecular complexity index is 869. The van der Waals surface area contributed by atoms with Crippen LogP contribution >= 0.6 is 11.3 Å². The SMILES string of the molecule is CC(C)(C)[C@H]1CCc2c(sc(NC(=O)[C@H]3[C@@H]4CC[C@@H](C4)[C@@H]3C(=O)O)c2C(N)=O)C1. The number of carbonyl (C=O) groups excluding carboxylic acids is 2. The van der Waals surface area contributed by atoms with E-state index in [1.165, 1.54) is 11.3 Å². The molecule has 5 atom stereocenters. The van der Waals surface area contributed by atoms with E-state index in [2.05, 4.69) is 26.1 Å². The number of aliphatic carboxylic acids is 1. The van der Waals surface area contributed by atoms with E-state index in [9.17, 15) is 19.5 Å². The number of nitrogens with one attached hydrogen (secondary N) is 1. The van der Waals surface area contributed by atoms with Crippen LogP contribution in [0.1, 0.15) is 67.3 Å². The third-order valence-electron chi connectivity index (χ3n) is 7.48. The summed E-state index contributed by atoms with van der Waals surface area (Å²) in [6, 6.07) is 0. The van der Waals surface area contributed by atoms with Gasteiger partial charge in [-0.3, -0.25) is 14.4 Å². The predicted molar refractivity (Wildman–Crippen MR) is 112 cm³/mol. The molecule has 4 rings (SSSR count). The minimum atomic E-state index is -0.883. The molecule has 2 amide bonds. The number of hydrogen-bond acceptors (Lipinski definition) is 4. The molecule has 0 spiro atoms. The minimum Gasteiger partial charge on any atom is -0.481 e. The van der Waals surface area contributed by atoms with E-state index in [0.29, 0.717) is 16.5 Å². The van der Waals surface area contributed by atoms with Crippen molar-refractivity contribution in [3.63, 3.8) is 0 Å². The molecular weight excluding hydrogens is 388 g/mol. The number of nitrogens with two attached hydrogens (primary N) is 1. The van der Waals surface area contributed by atoms with Gasteiger partial charge >= 0.3 is 5.97 Å². The molecule has 29 heavy (non-hydrogen) atoms. The lowest BCUT2D eigenvalue weighted by Crippen LogP contribution is -2.38. The molecule has 1 heterocycles. The molecular formula is C22H30N2O4S. The molecule has 6 nitrogen and oxygen atoms in total. The number of carboxylic acid groups (broad SMARTS) is 1. The van der Waals surface area contributed by atoms with Gasteiger partial charge in [0.1, 0.15) is 5.00 Å². The molecule has 4 N–H and O–H groups in total. The van der Waals surface area contributed by atoms with Gasteiger partial charge in [0, 0.05) is 4.88 Å². The Morgan fingerprint density at radius 3 is 2.34 bits per heavy atom. The van der Waals surface area contributed by atoms with Gasteiger partial charge in [0.05, 0.1) is 17.4 Å². The van der Waals surface area contributed by atoms with E-state index in [1.54, 1.807) is 0 Å². The Balaban J connectivity index is 1.61. The van der Waals surface area contributed by atoms with Gasteiger partial charge in [-0.15, -0.1) is 11.3 Å². The van der Waals surface area contributed by atoms with Crippen molar-refractivity contribution in [2.45, 2.75) is 59.3 Å². The second-order valence-corrected chi connectivity index (χ2v) is 11.2. The molecule has 0 unspecified atom stereocenters. The molecule has 1 aromatic rings. The number of carboxylic acids is 1. The molecule has 1 aromatic heterocycles. The molecule has 0 aliphatic heterocycles. The number of thiophene rings is 1. The van der Waals surface area contributed by atoms with Crippen molar-refractivity contribution in [2.24, 2.45) is 40.7 Å².